The van der Waals surface area contributed by atoms with E-state index < -0.39 is 0 Å². The molecule has 86 valence electrons. The minimum Gasteiger partial charge on any atom is -0.294 e. The molecule has 0 aliphatic heterocycles. The zero-order chi connectivity index (χ0) is 12.1. The molecule has 0 fully saturated rings. The van der Waals surface area contributed by atoms with Crippen LogP contribution >= 0.6 is 0 Å². The molecule has 1 heteroatoms. The van der Waals surface area contributed by atoms with E-state index in [1.807, 2.05) is 32.0 Å². The molecule has 0 atom stereocenters. The number of ketones is 1. The fourth-order valence-corrected chi connectivity index (χ4v) is 1.73. The summed E-state index contributed by atoms with van der Waals surface area (Å²) in [6.45, 7) is 10.0. The maximum atomic E-state index is 11.8. The van der Waals surface area contributed by atoms with Crippen molar-refractivity contribution < 1.29 is 4.79 Å². The third-order valence-electron chi connectivity index (χ3n) is 2.64. The highest BCUT2D eigenvalue weighted by atomic mass is 16.1. The Bertz CT molecular complexity index is 402. The Labute approximate surface area is 98.2 Å². The quantitative estimate of drug-likeness (QED) is 0.535. The van der Waals surface area contributed by atoms with Crippen molar-refractivity contribution in [2.45, 2.75) is 40.0 Å². The Morgan fingerprint density at radius 3 is 2.62 bits per heavy atom. The lowest BCUT2D eigenvalue weighted by Crippen LogP contribution is -2.01. The molecule has 0 radical (unpaired) electrons. The number of allylic oxidation sites excluding steroid dienone is 1. The standard InChI is InChI=1S/C15H20O/c1-5-6-15(16)13-8-7-12(4)14(10-13)9-11(2)3/h7-8,10H,2,5-6,9H2,1,3-4H3. The summed E-state index contributed by atoms with van der Waals surface area (Å²) in [5.41, 5.74) is 4.41. The van der Waals surface area contributed by atoms with E-state index in [1.54, 1.807) is 0 Å². The number of aryl methyl sites for hydroxylation is 1. The molecule has 0 aliphatic carbocycles. The second-order valence-electron chi connectivity index (χ2n) is 4.45. The van der Waals surface area contributed by atoms with Gasteiger partial charge in [-0.15, -0.1) is 0 Å². The van der Waals surface area contributed by atoms with Gasteiger partial charge in [-0.25, -0.2) is 0 Å². The number of rotatable bonds is 5. The van der Waals surface area contributed by atoms with Crippen LogP contribution in [0.25, 0.3) is 0 Å². The van der Waals surface area contributed by atoms with Gasteiger partial charge in [-0.05, 0) is 43.9 Å². The van der Waals surface area contributed by atoms with E-state index in [0.717, 1.165) is 24.0 Å². The lowest BCUT2D eigenvalue weighted by atomic mass is 9.97. The SMILES string of the molecule is C=C(C)Cc1cc(C(=O)CCC)ccc1C. The molecule has 0 saturated heterocycles. The molecule has 16 heavy (non-hydrogen) atoms. The monoisotopic (exact) mass is 216 g/mol. The Morgan fingerprint density at radius 1 is 1.38 bits per heavy atom. The van der Waals surface area contributed by atoms with E-state index in [2.05, 4.69) is 13.5 Å². The van der Waals surface area contributed by atoms with Gasteiger partial charge in [-0.1, -0.05) is 31.2 Å². The van der Waals surface area contributed by atoms with Gasteiger partial charge in [0.25, 0.3) is 0 Å². The van der Waals surface area contributed by atoms with Gasteiger partial charge >= 0.3 is 0 Å². The van der Waals surface area contributed by atoms with Gasteiger partial charge in [-0.3, -0.25) is 4.79 Å². The highest BCUT2D eigenvalue weighted by Gasteiger charge is 2.07. The third kappa shape index (κ3) is 3.34. The molecule has 0 aromatic heterocycles. The first kappa shape index (κ1) is 12.7. The lowest BCUT2D eigenvalue weighted by Gasteiger charge is -2.08. The lowest BCUT2D eigenvalue weighted by molar-refractivity contribution is 0.0981. The van der Waals surface area contributed by atoms with Gasteiger partial charge in [0.15, 0.2) is 5.78 Å². The highest BCUT2D eigenvalue weighted by molar-refractivity contribution is 5.96. The van der Waals surface area contributed by atoms with Gasteiger partial charge < -0.3 is 0 Å². The number of Topliss-reactive ketones (excluding diaryl/α,β-unsaturated/α-hetero) is 1. The van der Waals surface area contributed by atoms with Crippen LogP contribution in [0.2, 0.25) is 0 Å². The number of hydrogen-bond acceptors (Lipinski definition) is 1. The molecule has 0 saturated carbocycles. The van der Waals surface area contributed by atoms with Crippen molar-refractivity contribution in [1.82, 2.24) is 0 Å². The van der Waals surface area contributed by atoms with E-state index in [9.17, 15) is 4.79 Å². The number of hydrogen-bond donors (Lipinski definition) is 0. The van der Waals surface area contributed by atoms with Crippen molar-refractivity contribution in [2.24, 2.45) is 0 Å². The molecule has 0 N–H and O–H groups in total. The van der Waals surface area contributed by atoms with Crippen LogP contribution in [0.5, 0.6) is 0 Å². The zero-order valence-corrected chi connectivity index (χ0v) is 10.5. The third-order valence-corrected chi connectivity index (χ3v) is 2.64. The van der Waals surface area contributed by atoms with Gasteiger partial charge in [0.05, 0.1) is 0 Å². The molecular weight excluding hydrogens is 196 g/mol. The first-order valence-corrected chi connectivity index (χ1v) is 5.81. The minimum absolute atomic E-state index is 0.241. The molecule has 1 aromatic rings. The minimum atomic E-state index is 0.241. The summed E-state index contributed by atoms with van der Waals surface area (Å²) in [5.74, 6) is 0.241. The Morgan fingerprint density at radius 2 is 2.06 bits per heavy atom. The summed E-state index contributed by atoms with van der Waals surface area (Å²) in [6, 6.07) is 5.97. The van der Waals surface area contributed by atoms with E-state index in [-0.39, 0.29) is 5.78 Å². The van der Waals surface area contributed by atoms with E-state index in [4.69, 9.17) is 0 Å². The number of carbonyl (C=O) groups is 1. The first-order valence-electron chi connectivity index (χ1n) is 5.81. The topological polar surface area (TPSA) is 17.1 Å². The maximum Gasteiger partial charge on any atom is 0.162 e. The van der Waals surface area contributed by atoms with Gasteiger partial charge in [0.2, 0.25) is 0 Å². The van der Waals surface area contributed by atoms with Crippen LogP contribution in [-0.4, -0.2) is 5.78 Å². The normalized spacial score (nSPS) is 10.2. The zero-order valence-electron chi connectivity index (χ0n) is 10.5. The summed E-state index contributed by atoms with van der Waals surface area (Å²) in [7, 11) is 0. The van der Waals surface area contributed by atoms with Crippen molar-refractivity contribution >= 4 is 5.78 Å². The summed E-state index contributed by atoms with van der Waals surface area (Å²) in [5, 5.41) is 0. The number of benzene rings is 1. The Balaban J connectivity index is 2.97. The summed E-state index contributed by atoms with van der Waals surface area (Å²) < 4.78 is 0. The maximum absolute atomic E-state index is 11.8. The summed E-state index contributed by atoms with van der Waals surface area (Å²) in [4.78, 5) is 11.8. The Hall–Kier alpha value is -1.37. The predicted molar refractivity (Wildman–Crippen MR) is 68.9 cm³/mol. The predicted octanol–water partition coefficient (Wildman–Crippen LogP) is 4.10. The van der Waals surface area contributed by atoms with Crippen molar-refractivity contribution in [3.8, 4) is 0 Å². The molecule has 1 aromatic carbocycles. The second-order valence-corrected chi connectivity index (χ2v) is 4.45. The molecule has 0 spiro atoms. The van der Waals surface area contributed by atoms with Crippen molar-refractivity contribution in [1.29, 1.82) is 0 Å². The molecule has 0 bridgehead atoms. The molecule has 0 unspecified atom stereocenters. The molecule has 1 nitrogen and oxygen atoms in total. The molecular formula is C15H20O. The van der Waals surface area contributed by atoms with Crippen LogP contribution < -0.4 is 0 Å². The van der Waals surface area contributed by atoms with Crippen LogP contribution in [0.3, 0.4) is 0 Å². The van der Waals surface area contributed by atoms with Crippen LogP contribution in [0.4, 0.5) is 0 Å². The fraction of sp³-hybridized carbons (Fsp3) is 0.400. The fourth-order valence-electron chi connectivity index (χ4n) is 1.73. The van der Waals surface area contributed by atoms with Gasteiger partial charge in [0.1, 0.15) is 0 Å². The number of carbonyl (C=O) groups excluding carboxylic acids is 1. The van der Waals surface area contributed by atoms with Crippen LogP contribution in [0.15, 0.2) is 30.4 Å². The van der Waals surface area contributed by atoms with Crippen LogP contribution in [-0.2, 0) is 6.42 Å². The molecule has 0 heterocycles. The Kier molecular flexibility index (Phi) is 4.48. The van der Waals surface area contributed by atoms with E-state index in [0.29, 0.717) is 6.42 Å². The molecule has 1 rings (SSSR count). The van der Waals surface area contributed by atoms with Crippen molar-refractivity contribution in [3.05, 3.63) is 47.0 Å². The first-order chi connectivity index (χ1) is 7.54. The van der Waals surface area contributed by atoms with Crippen molar-refractivity contribution in [2.75, 3.05) is 0 Å². The van der Waals surface area contributed by atoms with E-state index in [1.165, 1.54) is 11.1 Å². The summed E-state index contributed by atoms with van der Waals surface area (Å²) in [6.07, 6.45) is 2.40. The van der Waals surface area contributed by atoms with E-state index >= 15 is 0 Å². The molecule has 0 amide bonds. The average molecular weight is 216 g/mol. The second kappa shape index (κ2) is 5.64. The molecule has 0 aliphatic rings. The van der Waals surface area contributed by atoms with Crippen LogP contribution in [0, 0.1) is 6.92 Å². The van der Waals surface area contributed by atoms with Crippen molar-refractivity contribution in [3.63, 3.8) is 0 Å². The van der Waals surface area contributed by atoms with Crippen LogP contribution in [0.1, 0.15) is 48.2 Å². The highest BCUT2D eigenvalue weighted by Crippen LogP contribution is 2.16. The largest absolute Gasteiger partial charge is 0.294 e. The van der Waals surface area contributed by atoms with Gasteiger partial charge in [0, 0.05) is 12.0 Å². The average Bonchev–Trinajstić information content (AvgIpc) is 2.21. The smallest absolute Gasteiger partial charge is 0.162 e. The van der Waals surface area contributed by atoms with Gasteiger partial charge in [-0.2, -0.15) is 0 Å². The summed E-state index contributed by atoms with van der Waals surface area (Å²) >= 11 is 0.